The summed E-state index contributed by atoms with van der Waals surface area (Å²) >= 11 is 2.50. The Morgan fingerprint density at radius 3 is 2.68 bits per heavy atom. The van der Waals surface area contributed by atoms with Gasteiger partial charge in [0.1, 0.15) is 23.3 Å². The van der Waals surface area contributed by atoms with Crippen LogP contribution in [0, 0.1) is 22.7 Å². The van der Waals surface area contributed by atoms with Gasteiger partial charge in [-0.1, -0.05) is 42.1 Å². The minimum Gasteiger partial charge on any atom is -0.301 e. The molecule has 28 heavy (non-hydrogen) atoms. The van der Waals surface area contributed by atoms with Crippen LogP contribution in [0.1, 0.15) is 18.1 Å². The lowest BCUT2D eigenvalue weighted by atomic mass is 10.2. The van der Waals surface area contributed by atoms with E-state index in [4.69, 9.17) is 11.0 Å². The highest BCUT2D eigenvalue weighted by Gasteiger charge is 2.22. The summed E-state index contributed by atoms with van der Waals surface area (Å²) < 4.78 is 0. The second-order valence-electron chi connectivity index (χ2n) is 5.72. The van der Waals surface area contributed by atoms with Gasteiger partial charge in [-0.15, -0.1) is 11.3 Å². The summed E-state index contributed by atoms with van der Waals surface area (Å²) in [5.74, 6) is -0.0942. The van der Waals surface area contributed by atoms with E-state index in [9.17, 15) is 10.1 Å². The smallest absolute Gasteiger partial charge is 0.289 e. The molecule has 0 spiro atoms. The molecule has 0 aliphatic heterocycles. The van der Waals surface area contributed by atoms with Crippen LogP contribution < -0.4 is 16.0 Å². The Kier molecular flexibility index (Phi) is 5.90. The third-order valence-corrected chi connectivity index (χ3v) is 5.66. The summed E-state index contributed by atoms with van der Waals surface area (Å²) in [7, 11) is 0. The molecule has 3 aromatic rings. The van der Waals surface area contributed by atoms with Gasteiger partial charge >= 0.3 is 0 Å². The molecule has 4 N–H and O–H groups in total. The molecule has 2 heterocycles. The molecular weight excluding hydrogens is 392 g/mol. The summed E-state index contributed by atoms with van der Waals surface area (Å²) in [5, 5.41) is 23.4. The van der Waals surface area contributed by atoms with Crippen LogP contribution in [0.15, 0.2) is 46.8 Å². The lowest BCUT2D eigenvalue weighted by molar-refractivity contribution is -0.410. The van der Waals surface area contributed by atoms with Gasteiger partial charge in [-0.2, -0.15) is 10.5 Å². The number of nitriles is 2. The van der Waals surface area contributed by atoms with Crippen molar-refractivity contribution >= 4 is 40.0 Å². The Bertz CT molecular complexity index is 1100. The van der Waals surface area contributed by atoms with E-state index in [1.807, 2.05) is 47.9 Å². The van der Waals surface area contributed by atoms with Gasteiger partial charge in [0, 0.05) is 10.9 Å². The van der Waals surface area contributed by atoms with Crippen molar-refractivity contribution in [1.29, 1.82) is 10.5 Å². The van der Waals surface area contributed by atoms with Gasteiger partial charge < -0.3 is 5.32 Å². The van der Waals surface area contributed by atoms with Gasteiger partial charge in [0.05, 0.1) is 10.9 Å². The minimum absolute atomic E-state index is 0.157. The maximum atomic E-state index is 12.5. The van der Waals surface area contributed by atoms with Crippen molar-refractivity contribution in [3.8, 4) is 23.4 Å². The molecule has 0 radical (unpaired) electrons. The van der Waals surface area contributed by atoms with E-state index in [-0.39, 0.29) is 22.9 Å². The zero-order valence-electron chi connectivity index (χ0n) is 14.8. The molecule has 1 aromatic carbocycles. The predicted octanol–water partition coefficient (Wildman–Crippen LogP) is 3.07. The third-order valence-electron chi connectivity index (χ3n) is 3.78. The van der Waals surface area contributed by atoms with E-state index >= 15 is 0 Å². The highest BCUT2D eigenvalue weighted by Crippen LogP contribution is 2.27. The van der Waals surface area contributed by atoms with E-state index in [2.05, 4.69) is 15.3 Å². The summed E-state index contributed by atoms with van der Waals surface area (Å²) in [5.41, 5.74) is 8.00. The predicted molar refractivity (Wildman–Crippen MR) is 108 cm³/mol. The van der Waals surface area contributed by atoms with Gasteiger partial charge in [0.15, 0.2) is 10.2 Å². The number of amides is 1. The Balaban J connectivity index is 1.71. The highest BCUT2D eigenvalue weighted by atomic mass is 32.2. The Morgan fingerprint density at radius 1 is 1.29 bits per heavy atom. The Morgan fingerprint density at radius 2 is 2.00 bits per heavy atom. The van der Waals surface area contributed by atoms with Crippen LogP contribution >= 0.6 is 23.1 Å². The number of anilines is 2. The molecule has 0 saturated carbocycles. The molecule has 1 amide bonds. The van der Waals surface area contributed by atoms with E-state index in [1.54, 1.807) is 6.92 Å². The van der Waals surface area contributed by atoms with Gasteiger partial charge in [-0.05, 0) is 13.0 Å². The van der Waals surface area contributed by atoms with E-state index in [1.165, 1.54) is 17.4 Å². The van der Waals surface area contributed by atoms with E-state index < -0.39 is 5.25 Å². The molecular formula is C19H15N6OS2+. The number of rotatable bonds is 5. The molecule has 0 saturated heterocycles. The number of aromatic amines is 1. The molecule has 7 nitrogen and oxygen atoms in total. The zero-order chi connectivity index (χ0) is 20.1. The number of thiazole rings is 1. The first kappa shape index (κ1) is 19.4. The SMILES string of the molecule is C[C@@H](Sc1[nH+]c(N)c(C#N)cc1C#N)C(=O)Nc1nc(-c2ccccc2)cs1. The number of H-pyrrole nitrogens is 1. The number of hydrogen-bond donors (Lipinski definition) is 2. The number of carbonyl (C=O) groups excluding carboxylic acids is 1. The fourth-order valence-electron chi connectivity index (χ4n) is 2.32. The second-order valence-corrected chi connectivity index (χ2v) is 7.93. The van der Waals surface area contributed by atoms with Crippen LogP contribution in [-0.4, -0.2) is 16.1 Å². The van der Waals surface area contributed by atoms with Gasteiger partial charge in [0.25, 0.3) is 5.82 Å². The summed E-state index contributed by atoms with van der Waals surface area (Å²) in [6.07, 6.45) is 0. The summed E-state index contributed by atoms with van der Waals surface area (Å²) in [4.78, 5) is 19.8. The number of nitrogen functional groups attached to an aromatic ring is 1. The standard InChI is InChI=1S/C19H14N6OS2/c1-11(28-18-14(9-21)7-13(8-20)16(22)24-18)17(26)25-19-23-15(10-27-19)12-5-3-2-4-6-12/h2-7,10-11H,1H3,(H2,22,24)(H,23,25,26)/p+1/t11-/m1/s1. The average molecular weight is 408 g/mol. The van der Waals surface area contributed by atoms with Crippen LogP contribution in [0.25, 0.3) is 11.3 Å². The molecule has 3 rings (SSSR count). The molecule has 0 bridgehead atoms. The van der Waals surface area contributed by atoms with Crippen molar-refractivity contribution in [3.05, 3.63) is 52.9 Å². The fourth-order valence-corrected chi connectivity index (χ4v) is 3.97. The molecule has 0 fully saturated rings. The molecule has 2 aromatic heterocycles. The maximum absolute atomic E-state index is 12.5. The maximum Gasteiger partial charge on any atom is 0.289 e. The number of nitrogens with one attached hydrogen (secondary N) is 2. The van der Waals surface area contributed by atoms with Gasteiger partial charge in [-0.25, -0.2) is 9.97 Å². The molecule has 9 heteroatoms. The molecule has 1 atom stereocenters. The fraction of sp³-hybridized carbons (Fsp3) is 0.105. The van der Waals surface area contributed by atoms with Crippen LogP contribution in [0.4, 0.5) is 10.9 Å². The average Bonchev–Trinajstić information content (AvgIpc) is 3.17. The van der Waals surface area contributed by atoms with E-state index in [0.29, 0.717) is 10.2 Å². The monoisotopic (exact) mass is 407 g/mol. The van der Waals surface area contributed by atoms with Crippen molar-refractivity contribution in [1.82, 2.24) is 4.98 Å². The van der Waals surface area contributed by atoms with Gasteiger partial charge in [0.2, 0.25) is 5.91 Å². The molecule has 0 unspecified atom stereocenters. The molecule has 138 valence electrons. The van der Waals surface area contributed by atoms with E-state index in [0.717, 1.165) is 23.0 Å². The Labute approximate surface area is 169 Å². The number of benzene rings is 1. The van der Waals surface area contributed by atoms with Crippen LogP contribution in [-0.2, 0) is 4.79 Å². The van der Waals surface area contributed by atoms with Crippen molar-refractivity contribution < 1.29 is 9.78 Å². The number of nitrogens with two attached hydrogens (primary N) is 1. The van der Waals surface area contributed by atoms with Crippen molar-refractivity contribution in [2.24, 2.45) is 0 Å². The topological polar surface area (TPSA) is 130 Å². The first-order valence-electron chi connectivity index (χ1n) is 8.16. The highest BCUT2D eigenvalue weighted by molar-refractivity contribution is 8.00. The number of nitrogens with zero attached hydrogens (tertiary/aromatic N) is 3. The Hall–Kier alpha value is -3.40. The third kappa shape index (κ3) is 4.29. The number of aromatic nitrogens is 2. The van der Waals surface area contributed by atoms with Crippen LogP contribution in [0.5, 0.6) is 0 Å². The number of hydrogen-bond acceptors (Lipinski definition) is 7. The van der Waals surface area contributed by atoms with Crippen molar-refractivity contribution in [3.63, 3.8) is 0 Å². The van der Waals surface area contributed by atoms with Gasteiger partial charge in [-0.3, -0.25) is 10.5 Å². The summed E-state index contributed by atoms with van der Waals surface area (Å²) in [6.45, 7) is 1.72. The number of pyridine rings is 1. The number of carbonyl (C=O) groups is 1. The largest absolute Gasteiger partial charge is 0.301 e. The minimum atomic E-state index is -0.514. The van der Waals surface area contributed by atoms with Crippen LogP contribution in [0.2, 0.25) is 0 Å². The lowest BCUT2D eigenvalue weighted by Crippen LogP contribution is -2.25. The molecule has 0 aliphatic carbocycles. The quantitative estimate of drug-likeness (QED) is 0.625. The number of thioether (sulfide) groups is 1. The van der Waals surface area contributed by atoms with Crippen molar-refractivity contribution in [2.45, 2.75) is 17.2 Å². The normalized spacial score (nSPS) is 11.2. The molecule has 0 aliphatic rings. The first-order valence-corrected chi connectivity index (χ1v) is 9.92. The summed E-state index contributed by atoms with van der Waals surface area (Å²) in [6, 6.07) is 15.0. The lowest BCUT2D eigenvalue weighted by Gasteiger charge is -2.10. The first-order chi connectivity index (χ1) is 13.5. The zero-order valence-corrected chi connectivity index (χ0v) is 16.4. The van der Waals surface area contributed by atoms with Crippen LogP contribution in [0.3, 0.4) is 0 Å². The second kappa shape index (κ2) is 8.53. The van der Waals surface area contributed by atoms with Crippen molar-refractivity contribution in [2.75, 3.05) is 11.1 Å².